The van der Waals surface area contributed by atoms with Crippen molar-refractivity contribution in [2.45, 2.75) is 66.5 Å². The summed E-state index contributed by atoms with van der Waals surface area (Å²) in [7, 11) is 0. The lowest BCUT2D eigenvalue weighted by Crippen LogP contribution is -2.60. The Morgan fingerprint density at radius 3 is 1.31 bits per heavy atom. The van der Waals surface area contributed by atoms with Crippen molar-refractivity contribution in [1.29, 1.82) is 0 Å². The fourth-order valence-corrected chi connectivity index (χ4v) is 2.79. The highest BCUT2D eigenvalue weighted by molar-refractivity contribution is 7.76. The Bertz CT molecular complexity index is 240. The van der Waals surface area contributed by atoms with Crippen molar-refractivity contribution < 1.29 is 8.76 Å². The molecule has 0 aliphatic rings. The normalized spacial score (nSPS) is 16.2. The molecule has 3 nitrogen and oxygen atoms in total. The summed E-state index contributed by atoms with van der Waals surface area (Å²) in [6.07, 6.45) is 0. The Morgan fingerprint density at radius 1 is 0.938 bits per heavy atom. The molecule has 4 heteroatoms. The quantitative estimate of drug-likeness (QED) is 0.702. The predicted octanol–water partition coefficient (Wildman–Crippen LogP) is 2.95. The minimum Gasteiger partial charge on any atom is -0.760 e. The van der Waals surface area contributed by atoms with E-state index >= 15 is 0 Å². The molecule has 0 aliphatic heterocycles. The molecule has 1 atom stereocenters. The molecule has 0 aromatic rings. The summed E-state index contributed by atoms with van der Waals surface area (Å²) in [5.74, 6) is 0.534. The van der Waals surface area contributed by atoms with Gasteiger partial charge in [0.2, 0.25) is 0 Å². The van der Waals surface area contributed by atoms with Gasteiger partial charge in [0.25, 0.3) is 0 Å². The van der Waals surface area contributed by atoms with Crippen molar-refractivity contribution in [2.24, 2.45) is 11.8 Å². The Kier molecular flexibility index (Phi) is 5.17. The van der Waals surface area contributed by atoms with Crippen LogP contribution in [0.15, 0.2) is 0 Å². The van der Waals surface area contributed by atoms with Gasteiger partial charge in [-0.25, -0.2) is 4.31 Å². The maximum atomic E-state index is 11.5. The van der Waals surface area contributed by atoms with E-state index in [0.717, 1.165) is 0 Å². The van der Waals surface area contributed by atoms with Crippen LogP contribution in [0.3, 0.4) is 0 Å². The predicted molar refractivity (Wildman–Crippen MR) is 68.6 cm³/mol. The number of rotatable bonds is 5. The number of nitrogens with zero attached hydrogens (tertiary/aromatic N) is 1. The molecular weight excluding hydrogens is 222 g/mol. The highest BCUT2D eigenvalue weighted by atomic mass is 32.2. The van der Waals surface area contributed by atoms with E-state index in [1.165, 1.54) is 0 Å². The van der Waals surface area contributed by atoms with E-state index in [1.807, 2.05) is 27.7 Å². The third-order valence-electron chi connectivity index (χ3n) is 4.02. The van der Waals surface area contributed by atoms with Gasteiger partial charge in [-0.15, -0.1) is 0 Å². The highest BCUT2D eigenvalue weighted by Crippen LogP contribution is 2.36. The SMILES string of the molecule is CC(C)C(C)(C)N(S(=O)[O-])C(C)(C)C(C)C. The average molecular weight is 248 g/mol. The molecule has 0 spiro atoms. The van der Waals surface area contributed by atoms with Gasteiger partial charge in [-0.05, 0) is 39.5 Å². The van der Waals surface area contributed by atoms with Gasteiger partial charge < -0.3 is 4.55 Å². The summed E-state index contributed by atoms with van der Waals surface area (Å²) in [4.78, 5) is 0. The summed E-state index contributed by atoms with van der Waals surface area (Å²) in [5, 5.41) is 0. The van der Waals surface area contributed by atoms with E-state index in [0.29, 0.717) is 0 Å². The number of hydrogen-bond donors (Lipinski definition) is 0. The van der Waals surface area contributed by atoms with E-state index < -0.39 is 11.3 Å². The van der Waals surface area contributed by atoms with Gasteiger partial charge in [0.05, 0.1) is 0 Å². The molecule has 0 aliphatic carbocycles. The molecule has 0 amide bonds. The first-order valence-corrected chi connectivity index (χ1v) is 6.88. The van der Waals surface area contributed by atoms with E-state index in [-0.39, 0.29) is 22.9 Å². The first kappa shape index (κ1) is 16.1. The summed E-state index contributed by atoms with van der Waals surface area (Å²) in [5.41, 5.74) is -0.749. The van der Waals surface area contributed by atoms with Crippen molar-refractivity contribution in [3.63, 3.8) is 0 Å². The maximum Gasteiger partial charge on any atom is 0.0298 e. The van der Waals surface area contributed by atoms with E-state index in [4.69, 9.17) is 0 Å². The van der Waals surface area contributed by atoms with E-state index in [2.05, 4.69) is 27.7 Å². The number of hydrogen-bond acceptors (Lipinski definition) is 2. The molecule has 98 valence electrons. The van der Waals surface area contributed by atoms with Crippen molar-refractivity contribution in [2.75, 3.05) is 0 Å². The molecule has 0 heterocycles. The first-order valence-electron chi connectivity index (χ1n) is 5.85. The second-order valence-corrected chi connectivity index (χ2v) is 6.93. The Hall–Kier alpha value is 0.0700. The molecule has 0 aromatic carbocycles. The second kappa shape index (κ2) is 5.15. The maximum absolute atomic E-state index is 11.5. The molecule has 0 aromatic heterocycles. The standard InChI is InChI=1S/C12H27NO2S/c1-9(2)11(5,6)13(16(14)15)12(7,8)10(3)4/h9-10H,1-8H3,(H,14,15)/p-1. The van der Waals surface area contributed by atoms with Crippen LogP contribution in [0.4, 0.5) is 0 Å². The lowest BCUT2D eigenvalue weighted by atomic mass is 9.83. The Morgan fingerprint density at radius 2 is 1.19 bits per heavy atom. The van der Waals surface area contributed by atoms with Crippen molar-refractivity contribution in [3.05, 3.63) is 0 Å². The lowest BCUT2D eigenvalue weighted by Gasteiger charge is -2.52. The van der Waals surface area contributed by atoms with Crippen LogP contribution < -0.4 is 0 Å². The summed E-state index contributed by atoms with van der Waals surface area (Å²) in [6.45, 7) is 16.1. The largest absolute Gasteiger partial charge is 0.760 e. The van der Waals surface area contributed by atoms with Crippen molar-refractivity contribution >= 4 is 11.3 Å². The van der Waals surface area contributed by atoms with Gasteiger partial charge in [-0.2, -0.15) is 0 Å². The molecule has 0 saturated carbocycles. The van der Waals surface area contributed by atoms with Crippen LogP contribution in [0.25, 0.3) is 0 Å². The van der Waals surface area contributed by atoms with Gasteiger partial charge in [-0.1, -0.05) is 27.7 Å². The lowest BCUT2D eigenvalue weighted by molar-refractivity contribution is 0.0433. The summed E-state index contributed by atoms with van der Waals surface area (Å²) < 4.78 is 24.7. The molecule has 0 saturated heterocycles. The molecular formula is C12H26NO2S-. The third-order valence-corrected chi connectivity index (χ3v) is 5.26. The minimum atomic E-state index is -2.20. The minimum absolute atomic E-state index is 0.267. The first-order chi connectivity index (χ1) is 6.95. The van der Waals surface area contributed by atoms with Crippen LogP contribution in [0.1, 0.15) is 55.4 Å². The van der Waals surface area contributed by atoms with Gasteiger partial charge in [-0.3, -0.25) is 4.21 Å². The molecule has 0 N–H and O–H groups in total. The summed E-state index contributed by atoms with van der Waals surface area (Å²) in [6, 6.07) is 0. The third kappa shape index (κ3) is 3.05. The Labute approximate surface area is 103 Å². The zero-order chi connectivity index (χ0) is 13.3. The van der Waals surface area contributed by atoms with E-state index in [9.17, 15) is 8.76 Å². The van der Waals surface area contributed by atoms with Crippen LogP contribution in [-0.4, -0.2) is 24.1 Å². The van der Waals surface area contributed by atoms with Crippen molar-refractivity contribution in [1.82, 2.24) is 4.31 Å². The van der Waals surface area contributed by atoms with Gasteiger partial charge in [0, 0.05) is 22.3 Å². The molecule has 0 rings (SSSR count). The molecule has 0 bridgehead atoms. The topological polar surface area (TPSA) is 43.4 Å². The zero-order valence-electron chi connectivity index (χ0n) is 11.8. The Balaban J connectivity index is 5.42. The zero-order valence-corrected chi connectivity index (χ0v) is 12.6. The smallest absolute Gasteiger partial charge is 0.0298 e. The summed E-state index contributed by atoms with van der Waals surface area (Å²) >= 11 is -2.20. The van der Waals surface area contributed by atoms with Crippen LogP contribution >= 0.6 is 0 Å². The fraction of sp³-hybridized carbons (Fsp3) is 1.00. The highest BCUT2D eigenvalue weighted by Gasteiger charge is 2.42. The van der Waals surface area contributed by atoms with Gasteiger partial charge in [0.15, 0.2) is 0 Å². The second-order valence-electron chi connectivity index (χ2n) is 6.13. The molecule has 1 unspecified atom stereocenters. The molecule has 0 radical (unpaired) electrons. The molecule has 16 heavy (non-hydrogen) atoms. The monoisotopic (exact) mass is 248 g/mol. The fourth-order valence-electron chi connectivity index (χ4n) is 1.60. The van der Waals surface area contributed by atoms with E-state index in [1.54, 1.807) is 4.31 Å². The van der Waals surface area contributed by atoms with Crippen LogP contribution in [0.2, 0.25) is 0 Å². The van der Waals surface area contributed by atoms with Crippen LogP contribution in [-0.2, 0) is 11.3 Å². The average Bonchev–Trinajstić information content (AvgIpc) is 2.00. The van der Waals surface area contributed by atoms with Crippen molar-refractivity contribution in [3.8, 4) is 0 Å². The van der Waals surface area contributed by atoms with Crippen LogP contribution in [0.5, 0.6) is 0 Å². The van der Waals surface area contributed by atoms with Crippen LogP contribution in [0, 0.1) is 11.8 Å². The van der Waals surface area contributed by atoms with Gasteiger partial charge in [0.1, 0.15) is 0 Å². The molecule has 0 fully saturated rings. The van der Waals surface area contributed by atoms with Gasteiger partial charge >= 0.3 is 0 Å².